The van der Waals surface area contributed by atoms with E-state index in [0.717, 1.165) is 17.9 Å². The quantitative estimate of drug-likeness (QED) is 0.556. The van der Waals surface area contributed by atoms with Crippen LogP contribution in [-0.2, 0) is 0 Å². The van der Waals surface area contributed by atoms with Gasteiger partial charge in [0.25, 0.3) is 0 Å². The van der Waals surface area contributed by atoms with Gasteiger partial charge < -0.3 is 4.74 Å². The van der Waals surface area contributed by atoms with Gasteiger partial charge in [0.15, 0.2) is 0 Å². The van der Waals surface area contributed by atoms with E-state index in [0.29, 0.717) is 0 Å². The van der Waals surface area contributed by atoms with Crippen LogP contribution in [0, 0.1) is 20.8 Å². The van der Waals surface area contributed by atoms with Crippen LogP contribution in [0.3, 0.4) is 0 Å². The molecule has 27 heavy (non-hydrogen) atoms. The molecule has 2 aliphatic rings. The van der Waals surface area contributed by atoms with E-state index in [4.69, 9.17) is 9.84 Å². The first-order chi connectivity index (χ1) is 13.1. The van der Waals surface area contributed by atoms with Crippen LogP contribution in [0.15, 0.2) is 59.0 Å². The van der Waals surface area contributed by atoms with Gasteiger partial charge >= 0.3 is 0 Å². The molecule has 3 aromatic rings. The first-order valence-corrected chi connectivity index (χ1v) is 10.2. The topological polar surface area (TPSA) is 24.8 Å². The molecular weight excluding hydrogens is 352 g/mol. The molecule has 136 valence electrons. The van der Waals surface area contributed by atoms with Crippen LogP contribution in [0.2, 0.25) is 0 Å². The second-order valence-electron chi connectivity index (χ2n) is 7.44. The van der Waals surface area contributed by atoms with E-state index in [1.807, 2.05) is 0 Å². The molecule has 0 spiro atoms. The van der Waals surface area contributed by atoms with Crippen molar-refractivity contribution in [3.05, 3.63) is 86.6 Å². The molecule has 0 radical (unpaired) electrons. The van der Waals surface area contributed by atoms with Crippen molar-refractivity contribution < 1.29 is 4.74 Å². The van der Waals surface area contributed by atoms with Crippen molar-refractivity contribution in [2.24, 2.45) is 5.10 Å². The van der Waals surface area contributed by atoms with Gasteiger partial charge in [-0.3, -0.25) is 0 Å². The lowest BCUT2D eigenvalue weighted by atomic mass is 9.94. The van der Waals surface area contributed by atoms with E-state index >= 15 is 0 Å². The highest BCUT2D eigenvalue weighted by Gasteiger charge is 2.41. The molecule has 1 aromatic heterocycles. The van der Waals surface area contributed by atoms with Crippen molar-refractivity contribution in [3.63, 3.8) is 0 Å². The number of nitrogens with zero attached hydrogens (tertiary/aromatic N) is 2. The van der Waals surface area contributed by atoms with Gasteiger partial charge in [0.2, 0.25) is 6.23 Å². The zero-order chi connectivity index (χ0) is 18.5. The number of benzene rings is 2. The fourth-order valence-corrected chi connectivity index (χ4v) is 5.12. The highest BCUT2D eigenvalue weighted by molar-refractivity contribution is 7.12. The van der Waals surface area contributed by atoms with Gasteiger partial charge in [0, 0.05) is 17.5 Å². The highest BCUT2D eigenvalue weighted by atomic mass is 32.1. The molecule has 0 saturated carbocycles. The van der Waals surface area contributed by atoms with Crippen LogP contribution in [-0.4, -0.2) is 10.7 Å². The van der Waals surface area contributed by atoms with Crippen molar-refractivity contribution >= 4 is 17.0 Å². The largest absolute Gasteiger partial charge is 0.464 e. The lowest BCUT2D eigenvalue weighted by Gasteiger charge is -2.39. The third-order valence-electron chi connectivity index (χ3n) is 5.49. The number of para-hydroxylation sites is 1. The van der Waals surface area contributed by atoms with E-state index in [1.165, 1.54) is 32.7 Å². The number of hydrazone groups is 1. The van der Waals surface area contributed by atoms with Crippen molar-refractivity contribution in [3.8, 4) is 5.75 Å². The van der Waals surface area contributed by atoms with Crippen molar-refractivity contribution in [2.75, 3.05) is 0 Å². The SMILES string of the molecule is Cc1cc(C)c([C@@H]2Oc3ccccc3[C@H]3CC(c4cccs4)=NN32)c(C)c1. The Hall–Kier alpha value is -2.59. The van der Waals surface area contributed by atoms with Gasteiger partial charge in [-0.2, -0.15) is 5.10 Å². The maximum absolute atomic E-state index is 6.52. The van der Waals surface area contributed by atoms with Crippen LogP contribution in [0.1, 0.15) is 51.4 Å². The van der Waals surface area contributed by atoms with Crippen LogP contribution < -0.4 is 4.74 Å². The average molecular weight is 375 g/mol. The summed E-state index contributed by atoms with van der Waals surface area (Å²) in [7, 11) is 0. The van der Waals surface area contributed by atoms with Gasteiger partial charge in [0.1, 0.15) is 5.75 Å². The Morgan fingerprint density at radius 3 is 2.56 bits per heavy atom. The zero-order valence-electron chi connectivity index (χ0n) is 15.8. The Morgan fingerprint density at radius 1 is 1.04 bits per heavy atom. The zero-order valence-corrected chi connectivity index (χ0v) is 16.6. The molecule has 0 unspecified atom stereocenters. The summed E-state index contributed by atoms with van der Waals surface area (Å²) in [6.45, 7) is 6.49. The molecule has 0 saturated heterocycles. The lowest BCUT2D eigenvalue weighted by molar-refractivity contribution is -0.0198. The van der Waals surface area contributed by atoms with E-state index in [1.54, 1.807) is 11.3 Å². The molecule has 3 heterocycles. The fourth-order valence-electron chi connectivity index (χ4n) is 4.40. The minimum absolute atomic E-state index is 0.192. The number of rotatable bonds is 2. The maximum Gasteiger partial charge on any atom is 0.214 e. The van der Waals surface area contributed by atoms with Gasteiger partial charge in [-0.1, -0.05) is 42.0 Å². The van der Waals surface area contributed by atoms with Crippen molar-refractivity contribution in [2.45, 2.75) is 39.5 Å². The summed E-state index contributed by atoms with van der Waals surface area (Å²) >= 11 is 1.75. The van der Waals surface area contributed by atoms with Gasteiger partial charge in [0.05, 0.1) is 16.6 Å². The third-order valence-corrected chi connectivity index (χ3v) is 6.41. The molecule has 2 atom stereocenters. The van der Waals surface area contributed by atoms with Gasteiger partial charge in [-0.05, 0) is 49.4 Å². The minimum Gasteiger partial charge on any atom is -0.464 e. The first-order valence-electron chi connectivity index (χ1n) is 9.35. The summed E-state index contributed by atoms with van der Waals surface area (Å²) in [5.41, 5.74) is 7.42. The molecule has 0 amide bonds. The van der Waals surface area contributed by atoms with Crippen LogP contribution in [0.25, 0.3) is 0 Å². The summed E-state index contributed by atoms with van der Waals surface area (Å²) in [5.74, 6) is 0.978. The third kappa shape index (κ3) is 2.67. The van der Waals surface area contributed by atoms with E-state index in [9.17, 15) is 0 Å². The molecule has 4 heteroatoms. The smallest absolute Gasteiger partial charge is 0.214 e. The molecule has 2 aromatic carbocycles. The second-order valence-corrected chi connectivity index (χ2v) is 8.39. The van der Waals surface area contributed by atoms with Gasteiger partial charge in [-0.15, -0.1) is 11.3 Å². The van der Waals surface area contributed by atoms with Gasteiger partial charge in [-0.25, -0.2) is 5.01 Å². The predicted octanol–water partition coefficient (Wildman–Crippen LogP) is 5.92. The number of ether oxygens (including phenoxy) is 1. The van der Waals surface area contributed by atoms with E-state index < -0.39 is 0 Å². The Bertz CT molecular complexity index is 1020. The fraction of sp³-hybridized carbons (Fsp3) is 0.261. The number of hydrogen-bond acceptors (Lipinski definition) is 4. The second kappa shape index (κ2) is 6.24. The number of hydrogen-bond donors (Lipinski definition) is 0. The number of aryl methyl sites for hydroxylation is 3. The Kier molecular flexibility index (Phi) is 3.83. The van der Waals surface area contributed by atoms with E-state index in [-0.39, 0.29) is 12.3 Å². The summed E-state index contributed by atoms with van der Waals surface area (Å²) in [6.07, 6.45) is 0.726. The minimum atomic E-state index is -0.192. The summed E-state index contributed by atoms with van der Waals surface area (Å²) in [5, 5.41) is 9.35. The molecule has 2 aliphatic heterocycles. The Morgan fingerprint density at radius 2 is 1.81 bits per heavy atom. The van der Waals surface area contributed by atoms with Crippen molar-refractivity contribution in [1.29, 1.82) is 0 Å². The summed E-state index contributed by atoms with van der Waals surface area (Å²) in [4.78, 5) is 1.25. The highest BCUT2D eigenvalue weighted by Crippen LogP contribution is 2.48. The van der Waals surface area contributed by atoms with Crippen molar-refractivity contribution in [1.82, 2.24) is 5.01 Å². The monoisotopic (exact) mass is 374 g/mol. The molecule has 0 fully saturated rings. The number of thiophene rings is 1. The lowest BCUT2D eigenvalue weighted by Crippen LogP contribution is -2.34. The molecule has 0 bridgehead atoms. The predicted molar refractivity (Wildman–Crippen MR) is 111 cm³/mol. The van der Waals surface area contributed by atoms with Crippen LogP contribution in [0.4, 0.5) is 0 Å². The van der Waals surface area contributed by atoms with E-state index in [2.05, 4.69) is 79.7 Å². The average Bonchev–Trinajstić information content (AvgIpc) is 3.30. The van der Waals surface area contributed by atoms with Crippen LogP contribution in [0.5, 0.6) is 5.75 Å². The molecule has 3 nitrogen and oxygen atoms in total. The first kappa shape index (κ1) is 16.6. The standard InChI is InChI=1S/C23H22N2OS/c1-14-11-15(2)22(16(3)12-14)23-25-19(17-7-4-5-8-20(17)26-23)13-18(24-25)21-9-6-10-27-21/h4-12,19,23H,13H2,1-3H3/t19-,23+/m1/s1. The summed E-state index contributed by atoms with van der Waals surface area (Å²) in [6, 6.07) is 17.3. The van der Waals surface area contributed by atoms with Crippen LogP contribution >= 0.6 is 11.3 Å². The number of fused-ring (bicyclic) bond motifs is 3. The Balaban J connectivity index is 1.66. The molecule has 5 rings (SSSR count). The summed E-state index contributed by atoms with van der Waals surface area (Å²) < 4.78 is 6.52. The maximum atomic E-state index is 6.52. The Labute approximate surface area is 163 Å². The normalized spacial score (nSPS) is 20.7. The molecule has 0 N–H and O–H groups in total. The molecule has 0 aliphatic carbocycles. The molecular formula is C23H22N2OS.